The maximum Gasteiger partial charge on any atom is 0.254 e. The second-order valence-electron chi connectivity index (χ2n) is 5.29. The topological polar surface area (TPSA) is 46.3 Å². The Morgan fingerprint density at radius 3 is 2.80 bits per heavy atom. The van der Waals surface area contributed by atoms with E-state index in [1.807, 2.05) is 30.1 Å². The second-order valence-corrected chi connectivity index (χ2v) is 5.29. The molecule has 0 aromatic heterocycles. The normalized spacial score (nSPS) is 16.8. The number of fused-ring (bicyclic) bond motifs is 1. The average molecular weight is 266 g/mol. The Morgan fingerprint density at radius 2 is 2.00 bits per heavy atom. The molecule has 2 aromatic rings. The minimum absolute atomic E-state index is 0.0269. The first-order chi connectivity index (χ1) is 9.66. The van der Waals surface area contributed by atoms with Crippen LogP contribution in [0.5, 0.6) is 0 Å². The van der Waals surface area contributed by atoms with E-state index >= 15 is 0 Å². The van der Waals surface area contributed by atoms with E-state index in [1.54, 1.807) is 12.1 Å². The highest BCUT2D eigenvalue weighted by Gasteiger charge is 2.28. The first-order valence-corrected chi connectivity index (χ1v) is 6.87. The molecule has 1 aliphatic rings. The molecule has 0 bridgehead atoms. The Kier molecular flexibility index (Phi) is 3.18. The summed E-state index contributed by atoms with van der Waals surface area (Å²) in [5.41, 5.74) is 9.65. The predicted molar refractivity (Wildman–Crippen MR) is 80.5 cm³/mol. The third kappa shape index (κ3) is 2.16. The lowest BCUT2D eigenvalue weighted by Gasteiger charge is -2.25. The van der Waals surface area contributed by atoms with Gasteiger partial charge in [-0.15, -0.1) is 0 Å². The van der Waals surface area contributed by atoms with Gasteiger partial charge < -0.3 is 10.6 Å². The van der Waals surface area contributed by atoms with Crippen LogP contribution in [0.15, 0.2) is 48.5 Å². The van der Waals surface area contributed by atoms with E-state index in [0.29, 0.717) is 11.3 Å². The number of benzene rings is 2. The summed E-state index contributed by atoms with van der Waals surface area (Å²) in [4.78, 5) is 14.4. The van der Waals surface area contributed by atoms with E-state index in [2.05, 4.69) is 18.2 Å². The molecule has 0 radical (unpaired) electrons. The molecule has 1 atom stereocenters. The van der Waals surface area contributed by atoms with Crippen molar-refractivity contribution in [1.29, 1.82) is 0 Å². The van der Waals surface area contributed by atoms with Gasteiger partial charge in [-0.3, -0.25) is 4.79 Å². The van der Waals surface area contributed by atoms with Crippen molar-refractivity contribution in [3.63, 3.8) is 0 Å². The molecule has 1 aliphatic carbocycles. The van der Waals surface area contributed by atoms with Crippen LogP contribution in [-0.2, 0) is 6.42 Å². The van der Waals surface area contributed by atoms with Crippen LogP contribution in [0.3, 0.4) is 0 Å². The van der Waals surface area contributed by atoms with Gasteiger partial charge in [0.1, 0.15) is 0 Å². The Labute approximate surface area is 119 Å². The van der Waals surface area contributed by atoms with Crippen LogP contribution in [-0.4, -0.2) is 17.9 Å². The Hall–Kier alpha value is -2.29. The number of aryl methyl sites for hydroxylation is 1. The lowest BCUT2D eigenvalue weighted by molar-refractivity contribution is 0.0730. The quantitative estimate of drug-likeness (QED) is 0.849. The van der Waals surface area contributed by atoms with Crippen LogP contribution < -0.4 is 5.73 Å². The molecule has 0 spiro atoms. The molecule has 0 aliphatic heterocycles. The van der Waals surface area contributed by atoms with Crippen molar-refractivity contribution in [2.75, 3.05) is 12.8 Å². The van der Waals surface area contributed by atoms with Crippen molar-refractivity contribution in [3.05, 3.63) is 65.2 Å². The van der Waals surface area contributed by atoms with Crippen molar-refractivity contribution in [3.8, 4) is 0 Å². The maximum absolute atomic E-state index is 12.6. The molecule has 102 valence electrons. The number of hydrogen-bond donors (Lipinski definition) is 1. The zero-order valence-corrected chi connectivity index (χ0v) is 11.5. The van der Waals surface area contributed by atoms with Crippen molar-refractivity contribution < 1.29 is 4.79 Å². The van der Waals surface area contributed by atoms with Gasteiger partial charge in [0.2, 0.25) is 0 Å². The molecule has 1 amide bonds. The van der Waals surface area contributed by atoms with Crippen molar-refractivity contribution in [2.45, 2.75) is 18.9 Å². The largest absolute Gasteiger partial charge is 0.399 e. The first-order valence-electron chi connectivity index (χ1n) is 6.87. The standard InChI is InChI=1S/C17H18N2O/c1-19(17(20)13-6-4-7-14(18)11-13)16-10-9-12-5-2-3-8-15(12)16/h2-8,11,16H,9-10,18H2,1H3. The highest BCUT2D eigenvalue weighted by molar-refractivity contribution is 5.95. The van der Waals surface area contributed by atoms with E-state index in [1.165, 1.54) is 11.1 Å². The molecule has 1 unspecified atom stereocenters. The van der Waals surface area contributed by atoms with Gasteiger partial charge in [0.25, 0.3) is 5.91 Å². The van der Waals surface area contributed by atoms with Gasteiger partial charge in [-0.2, -0.15) is 0 Å². The van der Waals surface area contributed by atoms with Gasteiger partial charge in [0.15, 0.2) is 0 Å². The number of nitrogens with two attached hydrogens (primary N) is 1. The van der Waals surface area contributed by atoms with Gasteiger partial charge in [0, 0.05) is 18.3 Å². The van der Waals surface area contributed by atoms with Gasteiger partial charge >= 0.3 is 0 Å². The van der Waals surface area contributed by atoms with Crippen LogP contribution in [0.4, 0.5) is 5.69 Å². The first kappa shape index (κ1) is 12.7. The third-order valence-corrected chi connectivity index (χ3v) is 4.02. The summed E-state index contributed by atoms with van der Waals surface area (Å²) in [6.07, 6.45) is 2.03. The lowest BCUT2D eigenvalue weighted by atomic mass is 10.1. The Morgan fingerprint density at radius 1 is 1.20 bits per heavy atom. The van der Waals surface area contributed by atoms with E-state index < -0.39 is 0 Å². The molecule has 2 aromatic carbocycles. The molecule has 0 heterocycles. The minimum atomic E-state index is 0.0269. The molecule has 0 saturated carbocycles. The van der Waals surface area contributed by atoms with Crippen LogP contribution in [0, 0.1) is 0 Å². The zero-order chi connectivity index (χ0) is 14.1. The maximum atomic E-state index is 12.6. The molecule has 0 saturated heterocycles. The summed E-state index contributed by atoms with van der Waals surface area (Å²) in [5, 5.41) is 0. The van der Waals surface area contributed by atoms with E-state index in [0.717, 1.165) is 12.8 Å². The van der Waals surface area contributed by atoms with Gasteiger partial charge in [-0.05, 0) is 42.2 Å². The number of nitrogen functional groups attached to an aromatic ring is 1. The van der Waals surface area contributed by atoms with E-state index in [4.69, 9.17) is 5.73 Å². The molecule has 0 fully saturated rings. The third-order valence-electron chi connectivity index (χ3n) is 4.02. The van der Waals surface area contributed by atoms with Crippen LogP contribution in [0.2, 0.25) is 0 Å². The number of carbonyl (C=O) groups excluding carboxylic acids is 1. The minimum Gasteiger partial charge on any atom is -0.399 e. The number of nitrogens with zero attached hydrogens (tertiary/aromatic N) is 1. The summed E-state index contributed by atoms with van der Waals surface area (Å²) in [6, 6.07) is 15.7. The number of anilines is 1. The number of hydrogen-bond acceptors (Lipinski definition) is 2. The predicted octanol–water partition coefficient (Wildman–Crippen LogP) is 3.03. The molecular weight excluding hydrogens is 248 g/mol. The SMILES string of the molecule is CN(C(=O)c1cccc(N)c1)C1CCc2ccccc21. The molecule has 20 heavy (non-hydrogen) atoms. The number of carbonyl (C=O) groups is 1. The highest BCUT2D eigenvalue weighted by atomic mass is 16.2. The second kappa shape index (κ2) is 5.00. The summed E-state index contributed by atoms with van der Waals surface area (Å²) >= 11 is 0. The van der Waals surface area contributed by atoms with Crippen molar-refractivity contribution >= 4 is 11.6 Å². The average Bonchev–Trinajstić information content (AvgIpc) is 2.89. The molecule has 3 heteroatoms. The van der Waals surface area contributed by atoms with Crippen molar-refractivity contribution in [1.82, 2.24) is 4.90 Å². The molecule has 3 rings (SSSR count). The van der Waals surface area contributed by atoms with E-state index in [9.17, 15) is 4.79 Å². The fraction of sp³-hybridized carbons (Fsp3) is 0.235. The fourth-order valence-corrected chi connectivity index (χ4v) is 2.95. The molecule has 2 N–H and O–H groups in total. The summed E-state index contributed by atoms with van der Waals surface area (Å²) in [7, 11) is 1.87. The Bertz CT molecular complexity index is 651. The fourth-order valence-electron chi connectivity index (χ4n) is 2.95. The smallest absolute Gasteiger partial charge is 0.254 e. The summed E-state index contributed by atoms with van der Waals surface area (Å²) < 4.78 is 0. The monoisotopic (exact) mass is 266 g/mol. The van der Waals surface area contributed by atoms with Gasteiger partial charge in [-0.25, -0.2) is 0 Å². The Balaban J connectivity index is 1.87. The number of amides is 1. The zero-order valence-electron chi connectivity index (χ0n) is 11.5. The van der Waals surface area contributed by atoms with Crippen molar-refractivity contribution in [2.24, 2.45) is 0 Å². The highest BCUT2D eigenvalue weighted by Crippen LogP contribution is 2.35. The van der Waals surface area contributed by atoms with Gasteiger partial charge in [-0.1, -0.05) is 30.3 Å². The lowest BCUT2D eigenvalue weighted by Crippen LogP contribution is -2.30. The van der Waals surface area contributed by atoms with Crippen LogP contribution in [0.1, 0.15) is 33.9 Å². The molecular formula is C17H18N2O. The molecule has 3 nitrogen and oxygen atoms in total. The summed E-state index contributed by atoms with van der Waals surface area (Å²) in [6.45, 7) is 0. The van der Waals surface area contributed by atoms with Crippen LogP contribution in [0.25, 0.3) is 0 Å². The van der Waals surface area contributed by atoms with E-state index in [-0.39, 0.29) is 11.9 Å². The van der Waals surface area contributed by atoms with Gasteiger partial charge in [0.05, 0.1) is 6.04 Å². The summed E-state index contributed by atoms with van der Waals surface area (Å²) in [5.74, 6) is 0.0269. The number of rotatable bonds is 2. The van der Waals surface area contributed by atoms with Crippen LogP contribution >= 0.6 is 0 Å².